The average Bonchev–Trinajstić information content (AvgIpc) is 2.32. The van der Waals surface area contributed by atoms with Crippen LogP contribution in [0.4, 0.5) is 11.6 Å². The van der Waals surface area contributed by atoms with E-state index in [-0.39, 0.29) is 0 Å². The molecule has 2 N–H and O–H groups in total. The fourth-order valence-electron chi connectivity index (χ4n) is 2.29. The number of nitrogen functional groups attached to an aromatic ring is 1. The van der Waals surface area contributed by atoms with Gasteiger partial charge in [-0.25, -0.2) is 9.97 Å². The number of anilines is 2. The van der Waals surface area contributed by atoms with Crippen molar-refractivity contribution >= 4 is 11.6 Å². The fraction of sp³-hybridized carbons (Fsp3) is 0.692. The zero-order chi connectivity index (χ0) is 12.4. The van der Waals surface area contributed by atoms with Crippen molar-refractivity contribution in [2.45, 2.75) is 33.6 Å². The number of aryl methyl sites for hydroxylation is 1. The van der Waals surface area contributed by atoms with Gasteiger partial charge in [-0.2, -0.15) is 0 Å². The molecule has 2 heterocycles. The van der Waals surface area contributed by atoms with Crippen molar-refractivity contribution in [3.63, 3.8) is 0 Å². The van der Waals surface area contributed by atoms with Crippen LogP contribution < -0.4 is 10.6 Å². The van der Waals surface area contributed by atoms with Crippen LogP contribution in [0.3, 0.4) is 0 Å². The van der Waals surface area contributed by atoms with Crippen molar-refractivity contribution in [3.05, 3.63) is 11.9 Å². The molecule has 2 rings (SSSR count). The monoisotopic (exact) mass is 234 g/mol. The predicted octanol–water partition coefficient (Wildman–Crippen LogP) is 2.10. The van der Waals surface area contributed by atoms with Gasteiger partial charge in [0.1, 0.15) is 17.5 Å². The summed E-state index contributed by atoms with van der Waals surface area (Å²) in [5.41, 5.74) is 5.83. The average molecular weight is 234 g/mol. The standard InChI is InChI=1S/C13H22N4/c1-4-12-15-11(14)7-13(16-12)17-6-5-9(2)10(3)8-17/h7,9-10H,4-6,8H2,1-3H3,(H2,14,15,16). The number of aromatic nitrogens is 2. The van der Waals surface area contributed by atoms with Crippen LogP contribution in [0.5, 0.6) is 0 Å². The minimum absolute atomic E-state index is 0.582. The topological polar surface area (TPSA) is 55.0 Å². The van der Waals surface area contributed by atoms with Crippen LogP contribution in [0.2, 0.25) is 0 Å². The Bertz CT molecular complexity index is 391. The lowest BCUT2D eigenvalue weighted by Crippen LogP contribution is -2.39. The Morgan fingerprint density at radius 3 is 2.76 bits per heavy atom. The maximum absolute atomic E-state index is 5.83. The highest BCUT2D eigenvalue weighted by molar-refractivity contribution is 5.47. The summed E-state index contributed by atoms with van der Waals surface area (Å²) in [6.45, 7) is 8.83. The van der Waals surface area contributed by atoms with Crippen LogP contribution in [-0.4, -0.2) is 23.1 Å². The van der Waals surface area contributed by atoms with Gasteiger partial charge < -0.3 is 10.6 Å². The summed E-state index contributed by atoms with van der Waals surface area (Å²) in [5, 5.41) is 0. The number of piperidine rings is 1. The van der Waals surface area contributed by atoms with Crippen molar-refractivity contribution in [2.75, 3.05) is 23.7 Å². The molecule has 1 fully saturated rings. The lowest BCUT2D eigenvalue weighted by molar-refractivity contribution is 0.322. The van der Waals surface area contributed by atoms with Gasteiger partial charge in [-0.05, 0) is 18.3 Å². The van der Waals surface area contributed by atoms with Crippen LogP contribution in [-0.2, 0) is 6.42 Å². The molecule has 0 aromatic carbocycles. The summed E-state index contributed by atoms with van der Waals surface area (Å²) in [6, 6.07) is 1.89. The second-order valence-corrected chi connectivity index (χ2v) is 5.11. The zero-order valence-electron chi connectivity index (χ0n) is 11.0. The first-order valence-electron chi connectivity index (χ1n) is 6.48. The summed E-state index contributed by atoms with van der Waals surface area (Å²) < 4.78 is 0. The zero-order valence-corrected chi connectivity index (χ0v) is 11.0. The first-order chi connectivity index (χ1) is 8.10. The smallest absolute Gasteiger partial charge is 0.134 e. The number of hydrogen-bond acceptors (Lipinski definition) is 4. The van der Waals surface area contributed by atoms with Crippen molar-refractivity contribution in [3.8, 4) is 0 Å². The highest BCUT2D eigenvalue weighted by Gasteiger charge is 2.23. The Labute approximate surface area is 103 Å². The number of nitrogens with zero attached hydrogens (tertiary/aromatic N) is 3. The Morgan fingerprint density at radius 1 is 1.35 bits per heavy atom. The van der Waals surface area contributed by atoms with Crippen LogP contribution in [0, 0.1) is 11.8 Å². The minimum atomic E-state index is 0.582. The van der Waals surface area contributed by atoms with Gasteiger partial charge in [-0.1, -0.05) is 20.8 Å². The van der Waals surface area contributed by atoms with Crippen molar-refractivity contribution in [1.82, 2.24) is 9.97 Å². The van der Waals surface area contributed by atoms with Crippen molar-refractivity contribution in [1.29, 1.82) is 0 Å². The molecule has 1 aliphatic heterocycles. The first kappa shape index (κ1) is 12.1. The van der Waals surface area contributed by atoms with Gasteiger partial charge >= 0.3 is 0 Å². The Hall–Kier alpha value is -1.32. The van der Waals surface area contributed by atoms with E-state index in [0.29, 0.717) is 11.7 Å². The summed E-state index contributed by atoms with van der Waals surface area (Å²) in [7, 11) is 0. The van der Waals surface area contributed by atoms with Gasteiger partial charge in [-0.15, -0.1) is 0 Å². The van der Waals surface area contributed by atoms with E-state index in [1.54, 1.807) is 0 Å². The molecule has 4 heteroatoms. The maximum atomic E-state index is 5.83. The summed E-state index contributed by atoms with van der Waals surface area (Å²) in [4.78, 5) is 11.1. The molecule has 1 saturated heterocycles. The van der Waals surface area contributed by atoms with Gasteiger partial charge in [0.25, 0.3) is 0 Å². The van der Waals surface area contributed by atoms with E-state index in [9.17, 15) is 0 Å². The summed E-state index contributed by atoms with van der Waals surface area (Å²) in [5.74, 6) is 3.93. The van der Waals surface area contributed by atoms with Crippen LogP contribution in [0.1, 0.15) is 33.0 Å². The van der Waals surface area contributed by atoms with Gasteiger partial charge in [0.2, 0.25) is 0 Å². The van der Waals surface area contributed by atoms with Crippen LogP contribution in [0.25, 0.3) is 0 Å². The Kier molecular flexibility index (Phi) is 3.50. The molecule has 94 valence electrons. The minimum Gasteiger partial charge on any atom is -0.384 e. The molecule has 0 saturated carbocycles. The van der Waals surface area contributed by atoms with E-state index >= 15 is 0 Å². The maximum Gasteiger partial charge on any atom is 0.134 e. The van der Waals surface area contributed by atoms with E-state index in [1.165, 1.54) is 6.42 Å². The van der Waals surface area contributed by atoms with Crippen LogP contribution >= 0.6 is 0 Å². The number of hydrogen-bond donors (Lipinski definition) is 1. The predicted molar refractivity (Wildman–Crippen MR) is 71.0 cm³/mol. The third kappa shape index (κ3) is 2.68. The summed E-state index contributed by atoms with van der Waals surface area (Å²) >= 11 is 0. The molecule has 0 spiro atoms. The Morgan fingerprint density at radius 2 is 2.12 bits per heavy atom. The molecule has 0 radical (unpaired) electrons. The van der Waals surface area contributed by atoms with Gasteiger partial charge in [0, 0.05) is 25.6 Å². The normalized spacial score (nSPS) is 25.0. The largest absolute Gasteiger partial charge is 0.384 e. The second kappa shape index (κ2) is 4.90. The van der Waals surface area contributed by atoms with E-state index in [2.05, 4.69) is 35.6 Å². The molecule has 1 aliphatic rings. The quantitative estimate of drug-likeness (QED) is 0.851. The molecule has 4 nitrogen and oxygen atoms in total. The molecule has 0 amide bonds. The van der Waals surface area contributed by atoms with Gasteiger partial charge in [0.15, 0.2) is 0 Å². The van der Waals surface area contributed by atoms with Crippen molar-refractivity contribution in [2.24, 2.45) is 11.8 Å². The van der Waals surface area contributed by atoms with E-state index in [0.717, 1.165) is 37.1 Å². The SMILES string of the molecule is CCc1nc(N)cc(N2CCC(C)C(C)C2)n1. The van der Waals surface area contributed by atoms with Gasteiger partial charge in [-0.3, -0.25) is 0 Å². The van der Waals surface area contributed by atoms with E-state index < -0.39 is 0 Å². The molecule has 0 aliphatic carbocycles. The fourth-order valence-corrected chi connectivity index (χ4v) is 2.29. The highest BCUT2D eigenvalue weighted by Crippen LogP contribution is 2.26. The van der Waals surface area contributed by atoms with Gasteiger partial charge in [0.05, 0.1) is 0 Å². The molecule has 2 atom stereocenters. The van der Waals surface area contributed by atoms with E-state index in [1.807, 2.05) is 6.07 Å². The molecule has 1 aromatic heterocycles. The number of nitrogens with two attached hydrogens (primary N) is 1. The Balaban J connectivity index is 2.19. The van der Waals surface area contributed by atoms with Crippen molar-refractivity contribution < 1.29 is 0 Å². The molecular formula is C13H22N4. The third-order valence-electron chi connectivity index (χ3n) is 3.75. The first-order valence-corrected chi connectivity index (χ1v) is 6.48. The molecular weight excluding hydrogens is 212 g/mol. The van der Waals surface area contributed by atoms with E-state index in [4.69, 9.17) is 5.73 Å². The molecule has 17 heavy (non-hydrogen) atoms. The number of rotatable bonds is 2. The summed E-state index contributed by atoms with van der Waals surface area (Å²) in [6.07, 6.45) is 2.06. The highest BCUT2D eigenvalue weighted by atomic mass is 15.2. The third-order valence-corrected chi connectivity index (χ3v) is 3.75. The molecule has 1 aromatic rings. The molecule has 2 unspecified atom stereocenters. The lowest BCUT2D eigenvalue weighted by Gasteiger charge is -2.36. The van der Waals surface area contributed by atoms with Crippen LogP contribution in [0.15, 0.2) is 6.07 Å². The second-order valence-electron chi connectivity index (χ2n) is 5.11. The molecule has 0 bridgehead atoms. The lowest BCUT2D eigenvalue weighted by atomic mass is 9.89.